The van der Waals surface area contributed by atoms with E-state index in [1.54, 1.807) is 0 Å². The van der Waals surface area contributed by atoms with E-state index in [0.29, 0.717) is 0 Å². The lowest BCUT2D eigenvalue weighted by Crippen LogP contribution is -2.42. The second-order valence-corrected chi connectivity index (χ2v) is 6.75. The molecule has 0 aliphatic carbocycles. The predicted molar refractivity (Wildman–Crippen MR) is 97.6 cm³/mol. The molecule has 0 spiro atoms. The Balaban J connectivity index is 2.33. The van der Waals surface area contributed by atoms with E-state index < -0.39 is 35.8 Å². The molecule has 1 aromatic rings. The minimum absolute atomic E-state index is 0.0727. The minimum Gasteiger partial charge on any atom is -0.371 e. The van der Waals surface area contributed by atoms with Crippen molar-refractivity contribution >= 4 is 17.3 Å². The number of ether oxygens (including phenoxy) is 4. The summed E-state index contributed by atoms with van der Waals surface area (Å²) in [4.78, 5) is 59.7. The predicted octanol–water partition coefficient (Wildman–Crippen LogP) is -1.01. The average Bonchev–Trinajstić information content (AvgIpc) is 2.95. The third kappa shape index (κ3) is 6.53. The number of hydrogen-bond acceptors (Lipinski definition) is 9. The number of ketones is 3. The second kappa shape index (κ2) is 10.3. The molecule has 4 atom stereocenters. The molecule has 0 saturated carbocycles. The number of aromatic nitrogens is 2. The van der Waals surface area contributed by atoms with E-state index in [-0.39, 0.29) is 43.8 Å². The fraction of sp³-hybridized carbons (Fsp3) is 0.611. The largest absolute Gasteiger partial charge is 0.371 e. The van der Waals surface area contributed by atoms with Gasteiger partial charge >= 0.3 is 5.69 Å². The molecule has 1 aliphatic rings. The fourth-order valence-electron chi connectivity index (χ4n) is 2.82. The minimum atomic E-state index is -1.05. The zero-order valence-corrected chi connectivity index (χ0v) is 16.4. The Morgan fingerprint density at radius 1 is 1.00 bits per heavy atom. The number of hydrogen-bond donors (Lipinski definition) is 1. The van der Waals surface area contributed by atoms with E-state index >= 15 is 0 Å². The molecule has 0 aromatic carbocycles. The van der Waals surface area contributed by atoms with Crippen LogP contribution in [-0.2, 0) is 33.3 Å². The lowest BCUT2D eigenvalue weighted by atomic mass is 10.1. The van der Waals surface area contributed by atoms with Gasteiger partial charge in [0.15, 0.2) is 23.6 Å². The Labute approximate surface area is 165 Å². The molecule has 1 fully saturated rings. The Hall–Kier alpha value is -2.47. The summed E-state index contributed by atoms with van der Waals surface area (Å²) in [5.74, 6) is -0.704. The number of aromatic amines is 1. The smallest absolute Gasteiger partial charge is 0.330 e. The van der Waals surface area contributed by atoms with Crippen LogP contribution in [0.25, 0.3) is 0 Å². The van der Waals surface area contributed by atoms with Crippen LogP contribution in [0.2, 0.25) is 0 Å². The van der Waals surface area contributed by atoms with Gasteiger partial charge in [-0.25, -0.2) is 4.79 Å². The van der Waals surface area contributed by atoms with Gasteiger partial charge in [-0.15, -0.1) is 0 Å². The van der Waals surface area contributed by atoms with Crippen molar-refractivity contribution < 1.29 is 33.3 Å². The molecular formula is C18H24N2O9. The first-order valence-corrected chi connectivity index (χ1v) is 8.95. The lowest BCUT2D eigenvalue weighted by molar-refractivity contribution is -0.136. The Morgan fingerprint density at radius 3 is 2.14 bits per heavy atom. The molecule has 2 rings (SSSR count). The molecule has 0 unspecified atom stereocenters. The van der Waals surface area contributed by atoms with Crippen LogP contribution in [0.5, 0.6) is 0 Å². The molecule has 0 radical (unpaired) electrons. The third-order valence-corrected chi connectivity index (χ3v) is 3.96. The summed E-state index contributed by atoms with van der Waals surface area (Å²) in [6, 6.07) is 1.14. The van der Waals surface area contributed by atoms with Crippen molar-refractivity contribution in [3.8, 4) is 0 Å². The topological polar surface area (TPSA) is 143 Å². The maximum Gasteiger partial charge on any atom is 0.330 e. The number of Topliss-reactive ketones (excluding diaryl/α,β-unsaturated/α-hetero) is 3. The highest BCUT2D eigenvalue weighted by atomic mass is 16.6. The van der Waals surface area contributed by atoms with Crippen LogP contribution in [0.3, 0.4) is 0 Å². The van der Waals surface area contributed by atoms with Gasteiger partial charge in [-0.3, -0.25) is 28.7 Å². The normalized spacial score (nSPS) is 23.8. The van der Waals surface area contributed by atoms with E-state index in [0.717, 1.165) is 10.6 Å². The van der Waals surface area contributed by atoms with Gasteiger partial charge in [-0.1, -0.05) is 0 Å². The highest BCUT2D eigenvalue weighted by molar-refractivity contribution is 5.77. The summed E-state index contributed by atoms with van der Waals surface area (Å²) in [5, 5.41) is 0. The van der Waals surface area contributed by atoms with Crippen molar-refractivity contribution in [2.45, 2.75) is 45.3 Å². The first kappa shape index (κ1) is 22.8. The summed E-state index contributed by atoms with van der Waals surface area (Å²) in [7, 11) is 0. The Morgan fingerprint density at radius 2 is 1.59 bits per heavy atom. The molecule has 1 saturated heterocycles. The molecule has 2 heterocycles. The molecule has 0 bridgehead atoms. The van der Waals surface area contributed by atoms with Crippen LogP contribution < -0.4 is 11.2 Å². The van der Waals surface area contributed by atoms with Crippen LogP contribution in [0.4, 0.5) is 0 Å². The summed E-state index contributed by atoms with van der Waals surface area (Å²) >= 11 is 0. The average molecular weight is 412 g/mol. The maximum absolute atomic E-state index is 12.2. The summed E-state index contributed by atoms with van der Waals surface area (Å²) < 4.78 is 23.6. The molecule has 1 aliphatic heterocycles. The number of carbonyl (C=O) groups excluding carboxylic acids is 3. The second-order valence-electron chi connectivity index (χ2n) is 6.75. The van der Waals surface area contributed by atoms with Crippen LogP contribution in [0.1, 0.15) is 27.0 Å². The molecule has 160 valence electrons. The first-order valence-electron chi connectivity index (χ1n) is 8.95. The Kier molecular flexibility index (Phi) is 8.14. The quantitative estimate of drug-likeness (QED) is 0.483. The number of nitrogens with one attached hydrogen (secondary N) is 1. The lowest BCUT2D eigenvalue weighted by Gasteiger charge is -2.24. The highest BCUT2D eigenvalue weighted by Gasteiger charge is 2.48. The number of carbonyl (C=O) groups is 3. The number of H-pyrrole nitrogens is 1. The first-order chi connectivity index (χ1) is 13.7. The summed E-state index contributed by atoms with van der Waals surface area (Å²) in [6.45, 7) is 3.29. The third-order valence-electron chi connectivity index (χ3n) is 3.96. The number of nitrogens with zero attached hydrogens (tertiary/aromatic N) is 1. The highest BCUT2D eigenvalue weighted by Crippen LogP contribution is 2.33. The van der Waals surface area contributed by atoms with Crippen molar-refractivity contribution in [1.82, 2.24) is 9.55 Å². The van der Waals surface area contributed by atoms with E-state index in [2.05, 4.69) is 4.98 Å². The standard InChI is InChI=1S/C18H24N2O9/c1-10(21)6-26-9-13-15(27-7-11(2)22)16(28-8-12(3)23)17(29-13)20-5-4-14(24)19-18(20)25/h4-5,13,15-17H,6-9H2,1-3H3,(H,19,24,25)/t13-,15-,16-,17-/m1/s1. The van der Waals surface area contributed by atoms with E-state index in [1.165, 1.54) is 27.0 Å². The summed E-state index contributed by atoms with van der Waals surface area (Å²) in [5.41, 5.74) is -1.33. The van der Waals surface area contributed by atoms with Crippen LogP contribution >= 0.6 is 0 Å². The van der Waals surface area contributed by atoms with E-state index in [4.69, 9.17) is 18.9 Å². The molecule has 1 aromatic heterocycles. The summed E-state index contributed by atoms with van der Waals surface area (Å²) in [6.07, 6.45) is -2.44. The van der Waals surface area contributed by atoms with Gasteiger partial charge in [-0.2, -0.15) is 0 Å². The molecule has 0 amide bonds. The molecule has 11 heteroatoms. The van der Waals surface area contributed by atoms with Crippen molar-refractivity contribution in [2.24, 2.45) is 0 Å². The zero-order chi connectivity index (χ0) is 21.6. The monoisotopic (exact) mass is 412 g/mol. The van der Waals surface area contributed by atoms with Crippen molar-refractivity contribution in [2.75, 3.05) is 26.4 Å². The number of rotatable bonds is 11. The van der Waals surface area contributed by atoms with Crippen molar-refractivity contribution in [1.29, 1.82) is 0 Å². The van der Waals surface area contributed by atoms with E-state index in [1.807, 2.05) is 0 Å². The molecule has 11 nitrogen and oxygen atoms in total. The Bertz CT molecular complexity index is 859. The van der Waals surface area contributed by atoms with Gasteiger partial charge in [0.05, 0.1) is 6.61 Å². The van der Waals surface area contributed by atoms with Crippen LogP contribution in [0.15, 0.2) is 21.9 Å². The SMILES string of the molecule is CC(=O)COC[C@H]1O[C@@H](n2ccc(=O)[nH]c2=O)[C@H](OCC(C)=O)[C@@H]1OCC(C)=O. The zero-order valence-electron chi connectivity index (χ0n) is 16.4. The molecular weight excluding hydrogens is 388 g/mol. The maximum atomic E-state index is 12.2. The van der Waals surface area contributed by atoms with Crippen molar-refractivity contribution in [3.63, 3.8) is 0 Å². The van der Waals surface area contributed by atoms with Gasteiger partial charge in [0.25, 0.3) is 5.56 Å². The molecule has 29 heavy (non-hydrogen) atoms. The van der Waals surface area contributed by atoms with Crippen LogP contribution in [-0.4, -0.2) is 71.6 Å². The van der Waals surface area contributed by atoms with Gasteiger partial charge in [0.2, 0.25) is 0 Å². The van der Waals surface area contributed by atoms with Gasteiger partial charge < -0.3 is 18.9 Å². The van der Waals surface area contributed by atoms with E-state index in [9.17, 15) is 24.0 Å². The van der Waals surface area contributed by atoms with Gasteiger partial charge in [0.1, 0.15) is 38.1 Å². The van der Waals surface area contributed by atoms with Crippen LogP contribution in [0, 0.1) is 0 Å². The van der Waals surface area contributed by atoms with Crippen molar-refractivity contribution in [3.05, 3.63) is 33.1 Å². The fourth-order valence-corrected chi connectivity index (χ4v) is 2.82. The van der Waals surface area contributed by atoms with Gasteiger partial charge in [-0.05, 0) is 20.8 Å². The molecule has 1 N–H and O–H groups in total. The van der Waals surface area contributed by atoms with Gasteiger partial charge in [0, 0.05) is 12.3 Å².